The van der Waals surface area contributed by atoms with Crippen LogP contribution in [0.1, 0.15) is 45.7 Å². The van der Waals surface area contributed by atoms with E-state index in [0.29, 0.717) is 18.8 Å². The summed E-state index contributed by atoms with van der Waals surface area (Å²) in [6, 6.07) is 18.6. The zero-order valence-corrected chi connectivity index (χ0v) is 19.9. The number of hydrogen-bond donors (Lipinski definition) is 0. The zero-order chi connectivity index (χ0) is 22.4. The molecule has 0 aliphatic heterocycles. The van der Waals surface area contributed by atoms with Gasteiger partial charge in [-0.25, -0.2) is 0 Å². The van der Waals surface area contributed by atoms with Crippen LogP contribution in [0.2, 0.25) is 0 Å². The highest BCUT2D eigenvalue weighted by Crippen LogP contribution is 2.28. The highest BCUT2D eigenvalue weighted by Gasteiger charge is 2.18. The second-order valence-corrected chi connectivity index (χ2v) is 9.50. The van der Waals surface area contributed by atoms with Gasteiger partial charge in [-0.15, -0.1) is 10.2 Å². The third-order valence-corrected chi connectivity index (χ3v) is 6.27. The van der Waals surface area contributed by atoms with Crippen LogP contribution in [0.3, 0.4) is 0 Å². The van der Waals surface area contributed by atoms with E-state index in [2.05, 4.69) is 66.7 Å². The van der Waals surface area contributed by atoms with Crippen LogP contribution in [0.15, 0.2) is 59.8 Å². The first-order valence-electron chi connectivity index (χ1n) is 10.8. The fourth-order valence-electron chi connectivity index (χ4n) is 3.41. The van der Waals surface area contributed by atoms with Gasteiger partial charge in [0.2, 0.25) is 5.91 Å². The molecule has 3 rings (SSSR count). The Morgan fingerprint density at radius 1 is 1.00 bits per heavy atom. The summed E-state index contributed by atoms with van der Waals surface area (Å²) in [4.78, 5) is 14.7. The van der Waals surface area contributed by atoms with E-state index in [4.69, 9.17) is 0 Å². The van der Waals surface area contributed by atoms with Gasteiger partial charge in [-0.05, 0) is 30.4 Å². The van der Waals surface area contributed by atoms with Crippen LogP contribution in [0.25, 0.3) is 11.4 Å². The van der Waals surface area contributed by atoms with Crippen molar-refractivity contribution >= 4 is 17.7 Å². The predicted molar refractivity (Wildman–Crippen MR) is 128 cm³/mol. The minimum Gasteiger partial charge on any atom is -0.338 e. The largest absolute Gasteiger partial charge is 0.338 e. The Morgan fingerprint density at radius 2 is 1.68 bits per heavy atom. The van der Waals surface area contributed by atoms with Crippen LogP contribution in [-0.4, -0.2) is 37.9 Å². The number of carbonyl (C=O) groups is 1. The van der Waals surface area contributed by atoms with E-state index in [1.807, 2.05) is 42.2 Å². The number of hydrogen-bond acceptors (Lipinski definition) is 4. The predicted octanol–water partition coefficient (Wildman–Crippen LogP) is 5.40. The van der Waals surface area contributed by atoms with Crippen LogP contribution in [0.5, 0.6) is 0 Å². The van der Waals surface area contributed by atoms with Gasteiger partial charge in [-0.3, -0.25) is 4.79 Å². The van der Waals surface area contributed by atoms with Crippen LogP contribution in [0, 0.1) is 0 Å². The third-order valence-electron chi connectivity index (χ3n) is 5.32. The number of aromatic nitrogens is 3. The first-order chi connectivity index (χ1) is 14.8. The van der Waals surface area contributed by atoms with Crippen LogP contribution >= 0.6 is 11.8 Å². The highest BCUT2D eigenvalue weighted by atomic mass is 32.2. The number of amides is 1. The molecule has 0 saturated heterocycles. The summed E-state index contributed by atoms with van der Waals surface area (Å²) in [5.74, 6) is 1.30. The Labute approximate surface area is 189 Å². The van der Waals surface area contributed by atoms with E-state index in [9.17, 15) is 4.79 Å². The van der Waals surface area contributed by atoms with Gasteiger partial charge in [-0.1, -0.05) is 87.1 Å². The van der Waals surface area contributed by atoms with E-state index in [-0.39, 0.29) is 11.3 Å². The minimum atomic E-state index is 0.109. The average molecular weight is 437 g/mol. The second kappa shape index (κ2) is 10.1. The summed E-state index contributed by atoms with van der Waals surface area (Å²) in [6.45, 7) is 12.8. The summed E-state index contributed by atoms with van der Waals surface area (Å²) < 4.78 is 2.08. The molecule has 0 fully saturated rings. The lowest BCUT2D eigenvalue weighted by molar-refractivity contribution is -0.128. The normalized spacial score (nSPS) is 11.5. The van der Waals surface area contributed by atoms with Crippen molar-refractivity contribution in [3.63, 3.8) is 0 Å². The molecule has 1 aromatic heterocycles. The maximum absolute atomic E-state index is 12.8. The molecule has 0 saturated carbocycles. The zero-order valence-electron chi connectivity index (χ0n) is 19.1. The standard InChI is InChI=1S/C25H32N4OS/c1-6-28(17-19-11-9-8-10-12-19)22(30)18-31-24-27-26-23(29(24)7-2)20-13-15-21(16-14-20)25(3,4)5/h8-16H,6-7,17-18H2,1-5H3. The van der Waals surface area contributed by atoms with Crippen molar-refractivity contribution in [2.24, 2.45) is 0 Å². The maximum Gasteiger partial charge on any atom is 0.233 e. The van der Waals surface area contributed by atoms with Gasteiger partial charge in [0.15, 0.2) is 11.0 Å². The van der Waals surface area contributed by atoms with Gasteiger partial charge < -0.3 is 9.47 Å². The summed E-state index contributed by atoms with van der Waals surface area (Å²) >= 11 is 1.46. The van der Waals surface area contributed by atoms with Crippen LogP contribution in [-0.2, 0) is 23.3 Å². The molecule has 5 nitrogen and oxygen atoms in total. The molecule has 3 aromatic rings. The molecule has 0 spiro atoms. The highest BCUT2D eigenvalue weighted by molar-refractivity contribution is 7.99. The molecule has 0 atom stereocenters. The quantitative estimate of drug-likeness (QED) is 0.444. The molecule has 6 heteroatoms. The smallest absolute Gasteiger partial charge is 0.233 e. The molecule has 0 aliphatic rings. The Bertz CT molecular complexity index is 991. The molecular weight excluding hydrogens is 404 g/mol. The molecule has 0 radical (unpaired) electrons. The third kappa shape index (κ3) is 5.76. The minimum absolute atomic E-state index is 0.109. The number of rotatable bonds is 8. The number of nitrogens with zero attached hydrogens (tertiary/aromatic N) is 4. The summed E-state index contributed by atoms with van der Waals surface area (Å²) in [7, 11) is 0. The Hall–Kier alpha value is -2.60. The molecule has 31 heavy (non-hydrogen) atoms. The molecule has 2 aromatic carbocycles. The fourth-order valence-corrected chi connectivity index (χ4v) is 4.32. The van der Waals surface area contributed by atoms with Crippen molar-refractivity contribution in [1.82, 2.24) is 19.7 Å². The molecule has 0 aliphatic carbocycles. The van der Waals surface area contributed by atoms with Crippen molar-refractivity contribution in [3.8, 4) is 11.4 Å². The topological polar surface area (TPSA) is 51.0 Å². The fraction of sp³-hybridized carbons (Fsp3) is 0.400. The second-order valence-electron chi connectivity index (χ2n) is 8.56. The van der Waals surface area contributed by atoms with Crippen molar-refractivity contribution < 1.29 is 4.79 Å². The molecule has 1 heterocycles. The van der Waals surface area contributed by atoms with E-state index < -0.39 is 0 Å². The summed E-state index contributed by atoms with van der Waals surface area (Å²) in [5.41, 5.74) is 3.58. The van der Waals surface area contributed by atoms with Crippen molar-refractivity contribution in [3.05, 3.63) is 65.7 Å². The van der Waals surface area contributed by atoms with E-state index in [1.165, 1.54) is 17.3 Å². The van der Waals surface area contributed by atoms with Gasteiger partial charge in [0.25, 0.3) is 0 Å². The van der Waals surface area contributed by atoms with Gasteiger partial charge >= 0.3 is 0 Å². The average Bonchev–Trinajstić information content (AvgIpc) is 3.19. The summed E-state index contributed by atoms with van der Waals surface area (Å²) in [6.07, 6.45) is 0. The lowest BCUT2D eigenvalue weighted by atomic mass is 9.87. The van der Waals surface area contributed by atoms with Crippen LogP contribution in [0.4, 0.5) is 0 Å². The van der Waals surface area contributed by atoms with E-state index >= 15 is 0 Å². The molecule has 164 valence electrons. The number of carbonyl (C=O) groups excluding carboxylic acids is 1. The molecule has 0 bridgehead atoms. The van der Waals surface area contributed by atoms with E-state index in [0.717, 1.165) is 28.7 Å². The van der Waals surface area contributed by atoms with Crippen molar-refractivity contribution in [2.75, 3.05) is 12.3 Å². The Balaban J connectivity index is 1.70. The lowest BCUT2D eigenvalue weighted by Gasteiger charge is -2.21. The van der Waals surface area contributed by atoms with E-state index in [1.54, 1.807) is 0 Å². The monoisotopic (exact) mass is 436 g/mol. The van der Waals surface area contributed by atoms with Gasteiger partial charge in [-0.2, -0.15) is 0 Å². The number of thioether (sulfide) groups is 1. The molecule has 0 N–H and O–H groups in total. The van der Waals surface area contributed by atoms with Crippen LogP contribution < -0.4 is 0 Å². The molecular formula is C25H32N4OS. The van der Waals surface area contributed by atoms with Crippen molar-refractivity contribution in [2.45, 2.75) is 58.3 Å². The molecule has 1 amide bonds. The van der Waals surface area contributed by atoms with Gasteiger partial charge in [0, 0.05) is 25.2 Å². The van der Waals surface area contributed by atoms with Gasteiger partial charge in [0.1, 0.15) is 0 Å². The molecule has 0 unspecified atom stereocenters. The number of benzene rings is 2. The summed E-state index contributed by atoms with van der Waals surface area (Å²) in [5, 5.41) is 9.59. The SMILES string of the molecule is CCN(Cc1ccccc1)C(=O)CSc1nnc(-c2ccc(C(C)(C)C)cc2)n1CC. The van der Waals surface area contributed by atoms with Crippen molar-refractivity contribution in [1.29, 1.82) is 0 Å². The lowest BCUT2D eigenvalue weighted by Crippen LogP contribution is -2.31. The maximum atomic E-state index is 12.8. The van der Waals surface area contributed by atoms with Gasteiger partial charge in [0.05, 0.1) is 5.75 Å². The Morgan fingerprint density at radius 3 is 2.26 bits per heavy atom. The first-order valence-corrected chi connectivity index (χ1v) is 11.8. The first kappa shape index (κ1) is 23.1. The Kier molecular flexibility index (Phi) is 7.55.